The van der Waals surface area contributed by atoms with Crippen molar-refractivity contribution in [3.8, 4) is 6.07 Å². The Balaban J connectivity index is 1.84. The highest BCUT2D eigenvalue weighted by molar-refractivity contribution is 7.89. The van der Waals surface area contributed by atoms with Gasteiger partial charge in [0.25, 0.3) is 0 Å². The number of sulfonamides is 1. The Morgan fingerprint density at radius 3 is 2.39 bits per heavy atom. The van der Waals surface area contributed by atoms with Crippen LogP contribution in [-0.2, 0) is 14.8 Å². The number of aryl methyl sites for hydroxylation is 1. The molecule has 0 spiro atoms. The minimum absolute atomic E-state index is 0.0868. The largest absolute Gasteiger partial charge is 0.353 e. The van der Waals surface area contributed by atoms with Gasteiger partial charge < -0.3 is 5.32 Å². The van der Waals surface area contributed by atoms with Gasteiger partial charge in [0.05, 0.1) is 11.0 Å². The number of hydrogen-bond acceptors (Lipinski definition) is 4. The van der Waals surface area contributed by atoms with E-state index in [1.165, 1.54) is 0 Å². The lowest BCUT2D eigenvalue weighted by atomic mass is 9.87. The predicted octanol–water partition coefficient (Wildman–Crippen LogP) is 1.47. The van der Waals surface area contributed by atoms with Gasteiger partial charge in [-0.25, -0.2) is 13.1 Å². The maximum atomic E-state index is 12.1. The van der Waals surface area contributed by atoms with Crippen LogP contribution in [0.15, 0.2) is 29.2 Å². The van der Waals surface area contributed by atoms with Crippen molar-refractivity contribution < 1.29 is 13.2 Å². The molecule has 0 bridgehead atoms. The van der Waals surface area contributed by atoms with Gasteiger partial charge in [-0.05, 0) is 31.9 Å². The molecule has 23 heavy (non-hydrogen) atoms. The standard InChI is InChI=1S/C16H21N3O3S/c1-13-4-6-14(7-5-13)23(21,22)19-11-10-18-15(20)16(12-17)8-2-3-9-16/h4-7,19H,2-3,8-11H2,1H3,(H,18,20). The molecule has 0 aliphatic heterocycles. The molecular weight excluding hydrogens is 314 g/mol. The van der Waals surface area contributed by atoms with E-state index in [0.29, 0.717) is 12.8 Å². The Bertz CT molecular complexity index is 699. The average Bonchev–Trinajstić information content (AvgIpc) is 3.02. The van der Waals surface area contributed by atoms with Crippen LogP contribution in [-0.4, -0.2) is 27.4 Å². The zero-order valence-corrected chi connectivity index (χ0v) is 13.9. The lowest BCUT2D eigenvalue weighted by Crippen LogP contribution is -2.42. The zero-order chi connectivity index (χ0) is 16.9. The molecule has 124 valence electrons. The van der Waals surface area contributed by atoms with Crippen molar-refractivity contribution in [1.29, 1.82) is 5.26 Å². The normalized spacial score (nSPS) is 16.7. The molecule has 0 unspecified atom stereocenters. The molecule has 2 rings (SSSR count). The van der Waals surface area contributed by atoms with Gasteiger partial charge in [0.15, 0.2) is 0 Å². The van der Waals surface area contributed by atoms with E-state index in [1.54, 1.807) is 24.3 Å². The van der Waals surface area contributed by atoms with Crippen molar-refractivity contribution in [2.75, 3.05) is 13.1 Å². The number of rotatable bonds is 6. The topological polar surface area (TPSA) is 99.1 Å². The molecule has 1 aliphatic rings. The molecule has 1 amide bonds. The third-order valence-corrected chi connectivity index (χ3v) is 5.62. The number of carbonyl (C=O) groups excluding carboxylic acids is 1. The molecule has 1 fully saturated rings. The summed E-state index contributed by atoms with van der Waals surface area (Å²) in [6, 6.07) is 8.66. The first-order valence-corrected chi connectivity index (χ1v) is 9.14. The summed E-state index contributed by atoms with van der Waals surface area (Å²) in [6.45, 7) is 2.13. The quantitative estimate of drug-likeness (QED) is 0.769. The van der Waals surface area contributed by atoms with E-state index in [9.17, 15) is 18.5 Å². The minimum Gasteiger partial charge on any atom is -0.353 e. The van der Waals surface area contributed by atoms with E-state index >= 15 is 0 Å². The van der Waals surface area contributed by atoms with Gasteiger partial charge in [-0.2, -0.15) is 5.26 Å². The number of hydrogen-bond donors (Lipinski definition) is 2. The molecule has 6 nitrogen and oxygen atoms in total. The van der Waals surface area contributed by atoms with Gasteiger partial charge in [0.2, 0.25) is 15.9 Å². The second kappa shape index (κ2) is 7.11. The third-order valence-electron chi connectivity index (χ3n) is 4.14. The molecule has 0 atom stereocenters. The highest BCUT2D eigenvalue weighted by Gasteiger charge is 2.41. The fraction of sp³-hybridized carbons (Fsp3) is 0.500. The average molecular weight is 335 g/mol. The first kappa shape index (κ1) is 17.4. The molecule has 1 saturated carbocycles. The highest BCUT2D eigenvalue weighted by Crippen LogP contribution is 2.37. The van der Waals surface area contributed by atoms with Crippen molar-refractivity contribution in [3.05, 3.63) is 29.8 Å². The van der Waals surface area contributed by atoms with Crippen LogP contribution < -0.4 is 10.0 Å². The Morgan fingerprint density at radius 2 is 1.83 bits per heavy atom. The van der Waals surface area contributed by atoms with Crippen LogP contribution in [0.3, 0.4) is 0 Å². The summed E-state index contributed by atoms with van der Waals surface area (Å²) in [4.78, 5) is 12.3. The molecule has 2 N–H and O–H groups in total. The Labute approximate surface area is 136 Å². The number of carbonyl (C=O) groups is 1. The van der Waals surface area contributed by atoms with Crippen molar-refractivity contribution in [3.63, 3.8) is 0 Å². The van der Waals surface area contributed by atoms with Crippen LogP contribution >= 0.6 is 0 Å². The first-order chi connectivity index (χ1) is 10.9. The summed E-state index contributed by atoms with van der Waals surface area (Å²) < 4.78 is 26.6. The minimum atomic E-state index is -3.58. The van der Waals surface area contributed by atoms with Crippen molar-refractivity contribution in [1.82, 2.24) is 10.0 Å². The first-order valence-electron chi connectivity index (χ1n) is 7.65. The fourth-order valence-corrected chi connectivity index (χ4v) is 3.73. The second-order valence-corrected chi connectivity index (χ2v) is 7.63. The van der Waals surface area contributed by atoms with E-state index in [0.717, 1.165) is 18.4 Å². The molecular formula is C16H21N3O3S. The van der Waals surface area contributed by atoms with E-state index < -0.39 is 15.4 Å². The van der Waals surface area contributed by atoms with Gasteiger partial charge >= 0.3 is 0 Å². The molecule has 1 aromatic carbocycles. The fourth-order valence-electron chi connectivity index (χ4n) is 2.70. The van der Waals surface area contributed by atoms with Crippen LogP contribution in [0.4, 0.5) is 0 Å². The van der Waals surface area contributed by atoms with Gasteiger partial charge in [0, 0.05) is 13.1 Å². The van der Waals surface area contributed by atoms with Crippen LogP contribution in [0.5, 0.6) is 0 Å². The summed E-state index contributed by atoms with van der Waals surface area (Å²) in [5.74, 6) is -0.299. The van der Waals surface area contributed by atoms with Crippen LogP contribution in [0.25, 0.3) is 0 Å². The Hall–Kier alpha value is -1.91. The van der Waals surface area contributed by atoms with Crippen LogP contribution in [0, 0.1) is 23.7 Å². The number of nitrogens with zero attached hydrogens (tertiary/aromatic N) is 1. The zero-order valence-electron chi connectivity index (χ0n) is 13.1. The van der Waals surface area contributed by atoms with Gasteiger partial charge in [-0.3, -0.25) is 4.79 Å². The van der Waals surface area contributed by atoms with E-state index in [4.69, 9.17) is 0 Å². The number of nitriles is 1. The highest BCUT2D eigenvalue weighted by atomic mass is 32.2. The molecule has 0 saturated heterocycles. The number of benzene rings is 1. The van der Waals surface area contributed by atoms with E-state index in [2.05, 4.69) is 16.1 Å². The molecule has 0 aromatic heterocycles. The van der Waals surface area contributed by atoms with Gasteiger partial charge in [-0.1, -0.05) is 30.5 Å². The molecule has 0 heterocycles. The van der Waals surface area contributed by atoms with E-state index in [-0.39, 0.29) is 23.9 Å². The second-order valence-electron chi connectivity index (χ2n) is 5.87. The summed E-state index contributed by atoms with van der Waals surface area (Å²) in [5, 5.41) is 11.9. The Kier molecular flexibility index (Phi) is 5.39. The lowest BCUT2D eigenvalue weighted by Gasteiger charge is -2.19. The third kappa shape index (κ3) is 4.09. The van der Waals surface area contributed by atoms with Crippen LogP contribution in [0.1, 0.15) is 31.2 Å². The van der Waals surface area contributed by atoms with E-state index in [1.807, 2.05) is 6.92 Å². The van der Waals surface area contributed by atoms with Crippen molar-refractivity contribution >= 4 is 15.9 Å². The monoisotopic (exact) mass is 335 g/mol. The molecule has 0 radical (unpaired) electrons. The maximum Gasteiger partial charge on any atom is 0.240 e. The van der Waals surface area contributed by atoms with Gasteiger partial charge in [-0.15, -0.1) is 0 Å². The molecule has 7 heteroatoms. The SMILES string of the molecule is Cc1ccc(S(=O)(=O)NCCNC(=O)C2(C#N)CCCC2)cc1. The van der Waals surface area contributed by atoms with Crippen LogP contribution in [0.2, 0.25) is 0 Å². The lowest BCUT2D eigenvalue weighted by molar-refractivity contribution is -0.127. The summed E-state index contributed by atoms with van der Waals surface area (Å²) in [7, 11) is -3.58. The molecule has 1 aromatic rings. The summed E-state index contributed by atoms with van der Waals surface area (Å²) in [6.07, 6.45) is 2.90. The van der Waals surface area contributed by atoms with Gasteiger partial charge in [0.1, 0.15) is 5.41 Å². The summed E-state index contributed by atoms with van der Waals surface area (Å²) in [5.41, 5.74) is 0.0464. The predicted molar refractivity (Wildman–Crippen MR) is 85.9 cm³/mol. The molecule has 1 aliphatic carbocycles. The number of amides is 1. The Morgan fingerprint density at radius 1 is 1.22 bits per heavy atom. The summed E-state index contributed by atoms with van der Waals surface area (Å²) >= 11 is 0. The number of nitrogens with one attached hydrogen (secondary N) is 2. The smallest absolute Gasteiger partial charge is 0.240 e. The van der Waals surface area contributed by atoms with Crippen molar-refractivity contribution in [2.24, 2.45) is 5.41 Å². The van der Waals surface area contributed by atoms with Crippen molar-refractivity contribution in [2.45, 2.75) is 37.5 Å². The maximum absolute atomic E-state index is 12.1.